The molecule has 0 spiro atoms. The predicted molar refractivity (Wildman–Crippen MR) is 63.3 cm³/mol. The van der Waals surface area contributed by atoms with Gasteiger partial charge in [0, 0.05) is 5.02 Å². The van der Waals surface area contributed by atoms with E-state index in [1.165, 1.54) is 0 Å². The lowest BCUT2D eigenvalue weighted by Gasteiger charge is -2.05. The van der Waals surface area contributed by atoms with Crippen LogP contribution in [-0.4, -0.2) is 21.8 Å². The third-order valence-electron chi connectivity index (χ3n) is 2.25. The SMILES string of the molecule is CNCc1ncnn1Cc1cccc(Cl)c1. The highest BCUT2D eigenvalue weighted by Crippen LogP contribution is 2.11. The molecule has 0 aliphatic heterocycles. The number of nitrogens with zero attached hydrogens (tertiary/aromatic N) is 3. The molecule has 0 fully saturated rings. The molecule has 1 aromatic carbocycles. The first kappa shape index (κ1) is 11.1. The average Bonchev–Trinajstić information content (AvgIpc) is 2.66. The Balaban J connectivity index is 2.17. The van der Waals surface area contributed by atoms with Crippen LogP contribution in [-0.2, 0) is 13.1 Å². The third kappa shape index (κ3) is 2.59. The van der Waals surface area contributed by atoms with Crippen LogP contribution >= 0.6 is 11.6 Å². The average molecular weight is 237 g/mol. The minimum absolute atomic E-state index is 0.692. The van der Waals surface area contributed by atoms with Gasteiger partial charge in [0.1, 0.15) is 12.2 Å². The van der Waals surface area contributed by atoms with Crippen LogP contribution in [0.25, 0.3) is 0 Å². The Morgan fingerprint density at radius 1 is 1.44 bits per heavy atom. The van der Waals surface area contributed by atoms with Crippen molar-refractivity contribution in [2.45, 2.75) is 13.1 Å². The maximum atomic E-state index is 5.93. The van der Waals surface area contributed by atoms with E-state index in [0.29, 0.717) is 13.1 Å². The van der Waals surface area contributed by atoms with Gasteiger partial charge >= 0.3 is 0 Å². The molecule has 0 amide bonds. The fraction of sp³-hybridized carbons (Fsp3) is 0.273. The zero-order valence-electron chi connectivity index (χ0n) is 9.02. The van der Waals surface area contributed by atoms with Crippen LogP contribution < -0.4 is 5.32 Å². The molecule has 2 rings (SSSR count). The van der Waals surface area contributed by atoms with Crippen molar-refractivity contribution in [1.29, 1.82) is 0 Å². The molecule has 84 valence electrons. The van der Waals surface area contributed by atoms with Gasteiger partial charge in [-0.2, -0.15) is 5.10 Å². The maximum absolute atomic E-state index is 5.93. The first-order chi connectivity index (χ1) is 7.79. The van der Waals surface area contributed by atoms with Crippen molar-refractivity contribution >= 4 is 11.6 Å². The van der Waals surface area contributed by atoms with Gasteiger partial charge in [0.25, 0.3) is 0 Å². The molecule has 0 saturated carbocycles. The molecule has 1 heterocycles. The number of aromatic nitrogens is 3. The second kappa shape index (κ2) is 5.09. The van der Waals surface area contributed by atoms with Gasteiger partial charge in [-0.25, -0.2) is 9.67 Å². The van der Waals surface area contributed by atoms with Crippen LogP contribution in [0.5, 0.6) is 0 Å². The summed E-state index contributed by atoms with van der Waals surface area (Å²) >= 11 is 5.93. The fourth-order valence-corrected chi connectivity index (χ4v) is 1.74. The quantitative estimate of drug-likeness (QED) is 0.879. The monoisotopic (exact) mass is 236 g/mol. The molecule has 4 nitrogen and oxygen atoms in total. The largest absolute Gasteiger partial charge is 0.313 e. The van der Waals surface area contributed by atoms with Crippen molar-refractivity contribution in [2.24, 2.45) is 0 Å². The minimum atomic E-state index is 0.692. The Bertz CT molecular complexity index is 467. The molecule has 0 aliphatic rings. The maximum Gasteiger partial charge on any atom is 0.141 e. The minimum Gasteiger partial charge on any atom is -0.313 e. The van der Waals surface area contributed by atoms with E-state index in [-0.39, 0.29) is 0 Å². The van der Waals surface area contributed by atoms with E-state index >= 15 is 0 Å². The number of hydrogen-bond acceptors (Lipinski definition) is 3. The van der Waals surface area contributed by atoms with Gasteiger partial charge < -0.3 is 5.32 Å². The normalized spacial score (nSPS) is 10.6. The van der Waals surface area contributed by atoms with E-state index in [1.54, 1.807) is 6.33 Å². The summed E-state index contributed by atoms with van der Waals surface area (Å²) in [6.07, 6.45) is 1.57. The highest BCUT2D eigenvalue weighted by molar-refractivity contribution is 6.30. The van der Waals surface area contributed by atoms with Gasteiger partial charge in [0.15, 0.2) is 0 Å². The zero-order valence-corrected chi connectivity index (χ0v) is 9.78. The van der Waals surface area contributed by atoms with E-state index in [4.69, 9.17) is 11.6 Å². The van der Waals surface area contributed by atoms with Crippen LogP contribution in [0, 0.1) is 0 Å². The lowest BCUT2D eigenvalue weighted by Crippen LogP contribution is -2.13. The molecule has 16 heavy (non-hydrogen) atoms. The second-order valence-electron chi connectivity index (χ2n) is 3.49. The first-order valence-corrected chi connectivity index (χ1v) is 5.43. The molecule has 0 aliphatic carbocycles. The van der Waals surface area contributed by atoms with Crippen LogP contribution in [0.3, 0.4) is 0 Å². The van der Waals surface area contributed by atoms with Crippen LogP contribution in [0.1, 0.15) is 11.4 Å². The number of nitrogens with one attached hydrogen (secondary N) is 1. The lowest BCUT2D eigenvalue weighted by atomic mass is 10.2. The summed E-state index contributed by atoms with van der Waals surface area (Å²) in [7, 11) is 1.89. The number of halogens is 1. The number of hydrogen-bond donors (Lipinski definition) is 1. The molecule has 0 atom stereocenters. The molecule has 0 radical (unpaired) electrons. The predicted octanol–water partition coefficient (Wildman–Crippen LogP) is 1.70. The highest BCUT2D eigenvalue weighted by Gasteiger charge is 2.03. The van der Waals surface area contributed by atoms with Crippen molar-refractivity contribution in [3.63, 3.8) is 0 Å². The Hall–Kier alpha value is -1.39. The number of benzene rings is 1. The molecule has 1 aromatic heterocycles. The zero-order chi connectivity index (χ0) is 11.4. The van der Waals surface area contributed by atoms with Crippen molar-refractivity contribution in [1.82, 2.24) is 20.1 Å². The molecular weight excluding hydrogens is 224 g/mol. The Kier molecular flexibility index (Phi) is 3.54. The Morgan fingerprint density at radius 2 is 2.31 bits per heavy atom. The summed E-state index contributed by atoms with van der Waals surface area (Å²) in [6.45, 7) is 1.40. The fourth-order valence-electron chi connectivity index (χ4n) is 1.52. The highest BCUT2D eigenvalue weighted by atomic mass is 35.5. The van der Waals surface area contributed by atoms with Crippen molar-refractivity contribution in [3.05, 3.63) is 47.0 Å². The molecule has 0 saturated heterocycles. The van der Waals surface area contributed by atoms with Gasteiger partial charge in [0.2, 0.25) is 0 Å². The molecule has 2 aromatic rings. The van der Waals surface area contributed by atoms with E-state index in [0.717, 1.165) is 16.4 Å². The van der Waals surface area contributed by atoms with Crippen molar-refractivity contribution < 1.29 is 0 Å². The van der Waals surface area contributed by atoms with Crippen LogP contribution in [0.4, 0.5) is 0 Å². The molecule has 0 bridgehead atoms. The van der Waals surface area contributed by atoms with E-state index in [2.05, 4.69) is 15.4 Å². The van der Waals surface area contributed by atoms with Gasteiger partial charge in [0.05, 0.1) is 13.1 Å². The van der Waals surface area contributed by atoms with Crippen LogP contribution in [0.15, 0.2) is 30.6 Å². The lowest BCUT2D eigenvalue weighted by molar-refractivity contribution is 0.613. The van der Waals surface area contributed by atoms with Crippen molar-refractivity contribution in [2.75, 3.05) is 7.05 Å². The van der Waals surface area contributed by atoms with Gasteiger partial charge in [-0.15, -0.1) is 0 Å². The Labute approximate surface area is 99.3 Å². The van der Waals surface area contributed by atoms with Gasteiger partial charge in [-0.1, -0.05) is 23.7 Å². The Morgan fingerprint density at radius 3 is 3.06 bits per heavy atom. The van der Waals surface area contributed by atoms with Crippen LogP contribution in [0.2, 0.25) is 5.02 Å². The molecule has 5 heteroatoms. The summed E-state index contributed by atoms with van der Waals surface area (Å²) in [5, 5.41) is 7.98. The summed E-state index contributed by atoms with van der Waals surface area (Å²) in [4.78, 5) is 4.18. The van der Waals surface area contributed by atoms with E-state index in [1.807, 2.05) is 36.0 Å². The summed E-state index contributed by atoms with van der Waals surface area (Å²) in [5.41, 5.74) is 1.12. The number of rotatable bonds is 4. The molecular formula is C11H13ClN4. The van der Waals surface area contributed by atoms with Gasteiger partial charge in [-0.05, 0) is 24.7 Å². The summed E-state index contributed by atoms with van der Waals surface area (Å²) < 4.78 is 1.86. The van der Waals surface area contributed by atoms with Gasteiger partial charge in [-0.3, -0.25) is 0 Å². The topological polar surface area (TPSA) is 42.7 Å². The first-order valence-electron chi connectivity index (χ1n) is 5.05. The molecule has 0 unspecified atom stereocenters. The van der Waals surface area contributed by atoms with E-state index in [9.17, 15) is 0 Å². The third-order valence-corrected chi connectivity index (χ3v) is 2.49. The second-order valence-corrected chi connectivity index (χ2v) is 3.93. The summed E-state index contributed by atoms with van der Waals surface area (Å²) in [5.74, 6) is 0.919. The standard InChI is InChI=1S/C11H13ClN4/c1-13-6-11-14-8-15-16(11)7-9-3-2-4-10(12)5-9/h2-5,8,13H,6-7H2,1H3. The van der Waals surface area contributed by atoms with E-state index < -0.39 is 0 Å². The summed E-state index contributed by atoms with van der Waals surface area (Å²) in [6, 6.07) is 7.76. The van der Waals surface area contributed by atoms with Crippen molar-refractivity contribution in [3.8, 4) is 0 Å². The smallest absolute Gasteiger partial charge is 0.141 e. The molecule has 1 N–H and O–H groups in total.